The number of amides is 1. The van der Waals surface area contributed by atoms with E-state index in [0.29, 0.717) is 12.3 Å². The number of carbonyl (C=O) groups is 2. The summed E-state index contributed by atoms with van der Waals surface area (Å²) in [6, 6.07) is 7.11. The van der Waals surface area contributed by atoms with Crippen LogP contribution in [-0.2, 0) is 22.4 Å². The van der Waals surface area contributed by atoms with Crippen molar-refractivity contribution in [2.45, 2.75) is 46.1 Å². The second-order valence-corrected chi connectivity index (χ2v) is 5.46. The van der Waals surface area contributed by atoms with Gasteiger partial charge in [0.05, 0.1) is 6.42 Å². The van der Waals surface area contributed by atoms with Gasteiger partial charge in [-0.3, -0.25) is 4.79 Å². The van der Waals surface area contributed by atoms with Crippen molar-refractivity contribution in [1.82, 2.24) is 5.32 Å². The van der Waals surface area contributed by atoms with Crippen molar-refractivity contribution in [3.63, 3.8) is 0 Å². The molecule has 20 heavy (non-hydrogen) atoms. The molecule has 1 rings (SSSR count). The molecule has 1 unspecified atom stereocenters. The molecule has 0 heterocycles. The van der Waals surface area contributed by atoms with E-state index in [4.69, 9.17) is 5.11 Å². The largest absolute Gasteiger partial charge is 0.480 e. The molecule has 110 valence electrons. The molecule has 0 aliphatic heterocycles. The summed E-state index contributed by atoms with van der Waals surface area (Å²) in [5.74, 6) is -0.644. The van der Waals surface area contributed by atoms with Crippen LogP contribution in [0.25, 0.3) is 0 Å². The molecule has 4 nitrogen and oxygen atoms in total. The second kappa shape index (κ2) is 7.68. The Morgan fingerprint density at radius 3 is 2.15 bits per heavy atom. The highest BCUT2D eigenvalue weighted by Crippen LogP contribution is 2.10. The normalized spacial score (nSPS) is 12.2. The number of aliphatic carboxylic acids is 1. The van der Waals surface area contributed by atoms with Crippen LogP contribution in [0.3, 0.4) is 0 Å². The Morgan fingerprint density at radius 2 is 1.70 bits per heavy atom. The van der Waals surface area contributed by atoms with E-state index < -0.39 is 12.0 Å². The van der Waals surface area contributed by atoms with Crippen LogP contribution in [0.4, 0.5) is 0 Å². The Balaban J connectivity index is 2.55. The number of rotatable bonds is 7. The molecule has 1 aromatic rings. The molecular formula is C16H23NO3. The van der Waals surface area contributed by atoms with Gasteiger partial charge in [0.25, 0.3) is 0 Å². The first-order valence-electron chi connectivity index (χ1n) is 7.02. The van der Waals surface area contributed by atoms with Crippen LogP contribution in [0.1, 0.15) is 38.3 Å². The molecule has 0 aliphatic carbocycles. The quantitative estimate of drug-likeness (QED) is 0.804. The Bertz CT molecular complexity index is 451. The van der Waals surface area contributed by atoms with Crippen LogP contribution in [-0.4, -0.2) is 23.0 Å². The predicted molar refractivity (Wildman–Crippen MR) is 78.5 cm³/mol. The van der Waals surface area contributed by atoms with Crippen LogP contribution in [0.2, 0.25) is 0 Å². The number of hydrogen-bond donors (Lipinski definition) is 2. The van der Waals surface area contributed by atoms with Crippen molar-refractivity contribution >= 4 is 11.9 Å². The Kier molecular flexibility index (Phi) is 6.22. The zero-order chi connectivity index (χ0) is 15.1. The standard InChI is InChI=1S/C16H23NO3/c1-4-14(16(19)20)17-15(18)10-13-7-5-12(6-8-13)9-11(2)3/h5-8,11,14H,4,9-10H2,1-3H3,(H,17,18)(H,19,20). The first-order valence-corrected chi connectivity index (χ1v) is 7.02. The molecule has 0 radical (unpaired) electrons. The monoisotopic (exact) mass is 277 g/mol. The number of hydrogen-bond acceptors (Lipinski definition) is 2. The van der Waals surface area contributed by atoms with Gasteiger partial charge in [-0.1, -0.05) is 45.0 Å². The van der Waals surface area contributed by atoms with E-state index in [1.807, 2.05) is 24.3 Å². The summed E-state index contributed by atoms with van der Waals surface area (Å²) in [6.07, 6.45) is 1.61. The maximum atomic E-state index is 11.8. The minimum Gasteiger partial charge on any atom is -0.480 e. The Morgan fingerprint density at radius 1 is 1.15 bits per heavy atom. The summed E-state index contributed by atoms with van der Waals surface area (Å²) in [4.78, 5) is 22.6. The summed E-state index contributed by atoms with van der Waals surface area (Å²) in [6.45, 7) is 6.07. The lowest BCUT2D eigenvalue weighted by atomic mass is 10.0. The molecule has 1 aromatic carbocycles. The van der Waals surface area contributed by atoms with E-state index in [2.05, 4.69) is 19.2 Å². The third-order valence-corrected chi connectivity index (χ3v) is 3.07. The van der Waals surface area contributed by atoms with Gasteiger partial charge in [0.1, 0.15) is 6.04 Å². The third kappa shape index (κ3) is 5.43. The fraction of sp³-hybridized carbons (Fsp3) is 0.500. The van der Waals surface area contributed by atoms with Gasteiger partial charge < -0.3 is 10.4 Å². The van der Waals surface area contributed by atoms with Crippen molar-refractivity contribution < 1.29 is 14.7 Å². The van der Waals surface area contributed by atoms with E-state index in [1.165, 1.54) is 5.56 Å². The maximum Gasteiger partial charge on any atom is 0.326 e. The van der Waals surface area contributed by atoms with Crippen molar-refractivity contribution in [3.05, 3.63) is 35.4 Å². The summed E-state index contributed by atoms with van der Waals surface area (Å²) >= 11 is 0. The number of carboxylic acids is 1. The molecule has 2 N–H and O–H groups in total. The van der Waals surface area contributed by atoms with Gasteiger partial charge in [0.2, 0.25) is 5.91 Å². The van der Waals surface area contributed by atoms with Crippen molar-refractivity contribution in [1.29, 1.82) is 0 Å². The zero-order valence-corrected chi connectivity index (χ0v) is 12.3. The highest BCUT2D eigenvalue weighted by atomic mass is 16.4. The van der Waals surface area contributed by atoms with Crippen molar-refractivity contribution in [2.75, 3.05) is 0 Å². The van der Waals surface area contributed by atoms with E-state index in [-0.39, 0.29) is 12.3 Å². The van der Waals surface area contributed by atoms with Gasteiger partial charge in [0, 0.05) is 0 Å². The summed E-state index contributed by atoms with van der Waals surface area (Å²) in [5.41, 5.74) is 2.15. The summed E-state index contributed by atoms with van der Waals surface area (Å²) in [5, 5.41) is 11.4. The zero-order valence-electron chi connectivity index (χ0n) is 12.3. The number of carbonyl (C=O) groups excluding carboxylic acids is 1. The average molecular weight is 277 g/mol. The summed E-state index contributed by atoms with van der Waals surface area (Å²) < 4.78 is 0. The van der Waals surface area contributed by atoms with Gasteiger partial charge in [0.15, 0.2) is 0 Å². The van der Waals surface area contributed by atoms with Gasteiger partial charge >= 0.3 is 5.97 Å². The number of carboxylic acid groups (broad SMARTS) is 1. The highest BCUT2D eigenvalue weighted by Gasteiger charge is 2.17. The smallest absolute Gasteiger partial charge is 0.326 e. The average Bonchev–Trinajstić information content (AvgIpc) is 2.37. The third-order valence-electron chi connectivity index (χ3n) is 3.07. The molecule has 0 fully saturated rings. The van der Waals surface area contributed by atoms with Crippen LogP contribution >= 0.6 is 0 Å². The van der Waals surface area contributed by atoms with Crippen LogP contribution in [0.5, 0.6) is 0 Å². The van der Waals surface area contributed by atoms with Gasteiger partial charge in [-0.2, -0.15) is 0 Å². The lowest BCUT2D eigenvalue weighted by Crippen LogP contribution is -2.40. The molecule has 0 aliphatic rings. The molecular weight excluding hydrogens is 254 g/mol. The van der Waals surface area contributed by atoms with E-state index >= 15 is 0 Å². The molecule has 4 heteroatoms. The lowest BCUT2D eigenvalue weighted by molar-refractivity contribution is -0.141. The predicted octanol–water partition coefficient (Wildman–Crippen LogP) is 2.41. The van der Waals surface area contributed by atoms with Crippen molar-refractivity contribution in [2.24, 2.45) is 5.92 Å². The van der Waals surface area contributed by atoms with Gasteiger partial charge in [-0.25, -0.2) is 4.79 Å². The van der Waals surface area contributed by atoms with E-state index in [0.717, 1.165) is 12.0 Å². The minimum absolute atomic E-state index is 0.214. The first kappa shape index (κ1) is 16.2. The molecule has 1 amide bonds. The van der Waals surface area contributed by atoms with Crippen LogP contribution in [0.15, 0.2) is 24.3 Å². The molecule has 0 saturated heterocycles. The fourth-order valence-electron chi connectivity index (χ4n) is 2.03. The van der Waals surface area contributed by atoms with Gasteiger partial charge in [-0.05, 0) is 29.9 Å². The van der Waals surface area contributed by atoms with E-state index in [9.17, 15) is 9.59 Å². The first-order chi connectivity index (χ1) is 9.42. The summed E-state index contributed by atoms with van der Waals surface area (Å²) in [7, 11) is 0. The van der Waals surface area contributed by atoms with Crippen LogP contribution < -0.4 is 5.32 Å². The second-order valence-electron chi connectivity index (χ2n) is 5.46. The molecule has 0 spiro atoms. The highest BCUT2D eigenvalue weighted by molar-refractivity contribution is 5.84. The number of benzene rings is 1. The molecule has 0 saturated carbocycles. The fourth-order valence-corrected chi connectivity index (χ4v) is 2.03. The lowest BCUT2D eigenvalue weighted by Gasteiger charge is -2.12. The minimum atomic E-state index is -0.992. The SMILES string of the molecule is CCC(NC(=O)Cc1ccc(CC(C)C)cc1)C(=O)O. The Labute approximate surface area is 120 Å². The molecule has 0 bridgehead atoms. The van der Waals surface area contributed by atoms with E-state index in [1.54, 1.807) is 6.92 Å². The molecule has 0 aromatic heterocycles. The number of nitrogens with one attached hydrogen (secondary N) is 1. The van der Waals surface area contributed by atoms with Crippen molar-refractivity contribution in [3.8, 4) is 0 Å². The Hall–Kier alpha value is -1.84. The van der Waals surface area contributed by atoms with Crippen LogP contribution in [0, 0.1) is 5.92 Å². The topological polar surface area (TPSA) is 66.4 Å². The molecule has 1 atom stereocenters. The maximum absolute atomic E-state index is 11.8. The van der Waals surface area contributed by atoms with Gasteiger partial charge in [-0.15, -0.1) is 0 Å².